The van der Waals surface area contributed by atoms with Crippen molar-refractivity contribution in [2.45, 2.75) is 26.8 Å². The molecule has 0 atom stereocenters. The number of para-hydroxylation sites is 1. The Morgan fingerprint density at radius 3 is 2.48 bits per heavy atom. The van der Waals surface area contributed by atoms with Crippen LogP contribution >= 0.6 is 0 Å². The first-order valence-electron chi connectivity index (χ1n) is 9.05. The number of hydrogen-bond donors (Lipinski definition) is 1. The summed E-state index contributed by atoms with van der Waals surface area (Å²) in [6.45, 7) is 4.73. The number of rotatable bonds is 7. The van der Waals surface area contributed by atoms with Gasteiger partial charge in [-0.15, -0.1) is 0 Å². The number of aromatic nitrogens is 1. The van der Waals surface area contributed by atoms with Gasteiger partial charge in [-0.3, -0.25) is 9.69 Å². The molecule has 0 saturated carbocycles. The minimum absolute atomic E-state index is 0.0372. The number of anilines is 1. The Hall–Kier alpha value is -2.92. The van der Waals surface area contributed by atoms with Gasteiger partial charge in [0.25, 0.3) is 0 Å². The molecule has 0 aliphatic rings. The average Bonchev–Trinajstić information content (AvgIpc) is 2.96. The van der Waals surface area contributed by atoms with E-state index in [2.05, 4.69) is 28.7 Å². The van der Waals surface area contributed by atoms with Gasteiger partial charge < -0.3 is 9.84 Å². The van der Waals surface area contributed by atoms with Crippen molar-refractivity contribution in [1.82, 2.24) is 10.1 Å². The summed E-state index contributed by atoms with van der Waals surface area (Å²) in [5.74, 6) is 0.762. The first-order valence-corrected chi connectivity index (χ1v) is 9.05. The molecule has 5 nitrogen and oxygen atoms in total. The molecule has 0 radical (unpaired) electrons. The fraction of sp³-hybridized carbons (Fsp3) is 0.273. The predicted octanol–water partition coefficient (Wildman–Crippen LogP) is 3.95. The van der Waals surface area contributed by atoms with Crippen LogP contribution in [0.25, 0.3) is 0 Å². The van der Waals surface area contributed by atoms with E-state index in [4.69, 9.17) is 4.52 Å². The normalized spacial score (nSPS) is 11.0. The molecule has 1 aromatic heterocycles. The van der Waals surface area contributed by atoms with Gasteiger partial charge >= 0.3 is 0 Å². The van der Waals surface area contributed by atoms with E-state index in [1.807, 2.05) is 62.2 Å². The van der Waals surface area contributed by atoms with Crippen LogP contribution in [0.5, 0.6) is 0 Å². The van der Waals surface area contributed by atoms with E-state index in [0.29, 0.717) is 13.1 Å². The number of benzene rings is 2. The Morgan fingerprint density at radius 1 is 1.07 bits per heavy atom. The second-order valence-electron chi connectivity index (χ2n) is 6.84. The molecule has 140 valence electrons. The van der Waals surface area contributed by atoms with Crippen LogP contribution in [0.15, 0.2) is 59.1 Å². The van der Waals surface area contributed by atoms with Crippen molar-refractivity contribution in [2.75, 3.05) is 18.9 Å². The van der Waals surface area contributed by atoms with E-state index >= 15 is 0 Å². The lowest BCUT2D eigenvalue weighted by Crippen LogP contribution is -2.30. The Bertz CT molecular complexity index is 883. The molecule has 0 unspecified atom stereocenters. The number of amides is 1. The van der Waals surface area contributed by atoms with Gasteiger partial charge in [0.1, 0.15) is 5.76 Å². The molecule has 3 aromatic rings. The highest BCUT2D eigenvalue weighted by atomic mass is 16.5. The lowest BCUT2D eigenvalue weighted by atomic mass is 10.0. The van der Waals surface area contributed by atoms with E-state index < -0.39 is 0 Å². The summed E-state index contributed by atoms with van der Waals surface area (Å²) in [5, 5.41) is 7.02. The summed E-state index contributed by atoms with van der Waals surface area (Å²) in [6.07, 6.45) is 0.784. The number of nitrogens with zero attached hydrogens (tertiary/aromatic N) is 2. The summed E-state index contributed by atoms with van der Waals surface area (Å²) >= 11 is 0. The Labute approximate surface area is 160 Å². The summed E-state index contributed by atoms with van der Waals surface area (Å²) in [4.78, 5) is 14.5. The van der Waals surface area contributed by atoms with Crippen molar-refractivity contribution in [3.63, 3.8) is 0 Å². The third kappa shape index (κ3) is 5.05. The number of carbonyl (C=O) groups excluding carboxylic acids is 1. The average molecular weight is 363 g/mol. The molecule has 1 heterocycles. The molecular weight excluding hydrogens is 338 g/mol. The van der Waals surface area contributed by atoms with E-state index in [0.717, 1.165) is 34.7 Å². The molecule has 0 bridgehead atoms. The third-order valence-corrected chi connectivity index (χ3v) is 4.55. The van der Waals surface area contributed by atoms with E-state index in [9.17, 15) is 4.79 Å². The molecule has 0 saturated heterocycles. The fourth-order valence-electron chi connectivity index (χ4n) is 3.10. The molecule has 3 rings (SSSR count). The maximum absolute atomic E-state index is 12.5. The molecule has 0 aliphatic carbocycles. The predicted molar refractivity (Wildman–Crippen MR) is 107 cm³/mol. The third-order valence-electron chi connectivity index (χ3n) is 4.55. The van der Waals surface area contributed by atoms with Crippen LogP contribution in [0.1, 0.15) is 28.1 Å². The summed E-state index contributed by atoms with van der Waals surface area (Å²) in [7, 11) is 1.92. The number of nitrogens with one attached hydrogen (secondary N) is 1. The molecular formula is C22H25N3O2. The van der Waals surface area contributed by atoms with Gasteiger partial charge in [0.2, 0.25) is 5.91 Å². The van der Waals surface area contributed by atoms with E-state index in [-0.39, 0.29) is 5.91 Å². The van der Waals surface area contributed by atoms with Gasteiger partial charge in [0, 0.05) is 17.8 Å². The van der Waals surface area contributed by atoms with Gasteiger partial charge in [0.05, 0.1) is 12.2 Å². The van der Waals surface area contributed by atoms with Crippen LogP contribution in [0.4, 0.5) is 5.69 Å². The summed E-state index contributed by atoms with van der Waals surface area (Å²) < 4.78 is 5.19. The number of hydrogen-bond acceptors (Lipinski definition) is 4. The maximum Gasteiger partial charge on any atom is 0.238 e. The van der Waals surface area contributed by atoms with Crippen LogP contribution in [0.3, 0.4) is 0 Å². The van der Waals surface area contributed by atoms with E-state index in [1.165, 1.54) is 5.56 Å². The number of aryl methyl sites for hydroxylation is 2. The molecule has 0 spiro atoms. The lowest BCUT2D eigenvalue weighted by Gasteiger charge is -2.17. The topological polar surface area (TPSA) is 58.4 Å². The van der Waals surface area contributed by atoms with Crippen molar-refractivity contribution in [1.29, 1.82) is 0 Å². The maximum atomic E-state index is 12.5. The Kier molecular flexibility index (Phi) is 6.04. The molecule has 1 N–H and O–H groups in total. The lowest BCUT2D eigenvalue weighted by molar-refractivity contribution is -0.117. The molecule has 27 heavy (non-hydrogen) atoms. The first-order chi connectivity index (χ1) is 13.0. The summed E-state index contributed by atoms with van der Waals surface area (Å²) in [6, 6.07) is 18.2. The van der Waals surface area contributed by atoms with Crippen molar-refractivity contribution in [3.8, 4) is 0 Å². The highest BCUT2D eigenvalue weighted by Gasteiger charge is 2.14. The second kappa shape index (κ2) is 8.64. The molecule has 0 aliphatic heterocycles. The van der Waals surface area contributed by atoms with Gasteiger partial charge in [-0.2, -0.15) is 0 Å². The van der Waals surface area contributed by atoms with Crippen LogP contribution in [-0.4, -0.2) is 29.6 Å². The molecule has 1 amide bonds. The van der Waals surface area contributed by atoms with Gasteiger partial charge in [-0.1, -0.05) is 53.7 Å². The van der Waals surface area contributed by atoms with Crippen molar-refractivity contribution in [2.24, 2.45) is 0 Å². The van der Waals surface area contributed by atoms with Crippen LogP contribution < -0.4 is 5.32 Å². The van der Waals surface area contributed by atoms with Gasteiger partial charge in [0.15, 0.2) is 0 Å². The summed E-state index contributed by atoms with van der Waals surface area (Å²) in [5.41, 5.74) is 5.08. The zero-order valence-corrected chi connectivity index (χ0v) is 16.0. The minimum atomic E-state index is -0.0372. The largest absolute Gasteiger partial charge is 0.361 e. The van der Waals surface area contributed by atoms with E-state index in [1.54, 1.807) is 0 Å². The monoisotopic (exact) mass is 363 g/mol. The van der Waals surface area contributed by atoms with Crippen molar-refractivity contribution < 1.29 is 9.32 Å². The fourth-order valence-corrected chi connectivity index (χ4v) is 3.10. The van der Waals surface area contributed by atoms with Crippen molar-refractivity contribution >= 4 is 11.6 Å². The molecule has 5 heteroatoms. The molecule has 0 fully saturated rings. The Balaban J connectivity index is 1.62. The standard InChI is InChI=1S/C22H25N3O2/c1-16-20(17(2)27-24-16)14-25(3)15-22(26)23-21-12-8-7-11-19(21)13-18-9-5-4-6-10-18/h4-12H,13-15H2,1-3H3,(H,23,26). The van der Waals surface area contributed by atoms with Gasteiger partial charge in [-0.05, 0) is 44.5 Å². The minimum Gasteiger partial charge on any atom is -0.361 e. The highest BCUT2D eigenvalue weighted by Crippen LogP contribution is 2.19. The quantitative estimate of drug-likeness (QED) is 0.690. The SMILES string of the molecule is Cc1noc(C)c1CN(C)CC(=O)Nc1ccccc1Cc1ccccc1. The highest BCUT2D eigenvalue weighted by molar-refractivity contribution is 5.93. The van der Waals surface area contributed by atoms with Crippen LogP contribution in [0.2, 0.25) is 0 Å². The number of carbonyl (C=O) groups is 1. The van der Waals surface area contributed by atoms with Crippen molar-refractivity contribution in [3.05, 3.63) is 82.7 Å². The zero-order valence-electron chi connectivity index (χ0n) is 16.0. The zero-order chi connectivity index (χ0) is 19.2. The smallest absolute Gasteiger partial charge is 0.238 e. The van der Waals surface area contributed by atoms with Crippen LogP contribution in [0, 0.1) is 13.8 Å². The van der Waals surface area contributed by atoms with Crippen LogP contribution in [-0.2, 0) is 17.8 Å². The van der Waals surface area contributed by atoms with Gasteiger partial charge in [-0.25, -0.2) is 0 Å². The first kappa shape index (κ1) is 18.9. The second-order valence-corrected chi connectivity index (χ2v) is 6.84. The Morgan fingerprint density at radius 2 is 1.78 bits per heavy atom. The molecule has 2 aromatic carbocycles. The number of likely N-dealkylation sites (N-methyl/N-ethyl adjacent to an activating group) is 1.